The molecule has 21 heavy (non-hydrogen) atoms. The Hall–Kier alpha value is -0.770. The van der Waals surface area contributed by atoms with Gasteiger partial charge in [0.1, 0.15) is 0 Å². The van der Waals surface area contributed by atoms with Gasteiger partial charge < -0.3 is 15.1 Å². The zero-order valence-corrected chi connectivity index (χ0v) is 13.8. The summed E-state index contributed by atoms with van der Waals surface area (Å²) >= 11 is 0. The molecule has 0 aliphatic carbocycles. The Labute approximate surface area is 130 Å². The third-order valence-electron chi connectivity index (χ3n) is 4.91. The van der Waals surface area contributed by atoms with E-state index in [0.29, 0.717) is 12.1 Å². The third-order valence-corrected chi connectivity index (χ3v) is 4.91. The summed E-state index contributed by atoms with van der Waals surface area (Å²) in [6.07, 6.45) is 11.5. The lowest BCUT2D eigenvalue weighted by atomic mass is 10.1. The average molecular weight is 295 g/mol. The van der Waals surface area contributed by atoms with Gasteiger partial charge in [-0.25, -0.2) is 4.79 Å². The second kappa shape index (κ2) is 9.29. The molecule has 4 heteroatoms. The Morgan fingerprint density at radius 3 is 2.38 bits per heavy atom. The summed E-state index contributed by atoms with van der Waals surface area (Å²) in [5.41, 5.74) is 0. The van der Waals surface area contributed by atoms with Crippen LogP contribution in [0.25, 0.3) is 0 Å². The van der Waals surface area contributed by atoms with Crippen LogP contribution in [-0.4, -0.2) is 54.6 Å². The van der Waals surface area contributed by atoms with E-state index in [9.17, 15) is 4.79 Å². The minimum absolute atomic E-state index is 0.299. The fourth-order valence-corrected chi connectivity index (χ4v) is 3.53. The van der Waals surface area contributed by atoms with Gasteiger partial charge in [0.15, 0.2) is 0 Å². The average Bonchev–Trinajstić information content (AvgIpc) is 2.88. The molecule has 0 unspecified atom stereocenters. The summed E-state index contributed by atoms with van der Waals surface area (Å²) in [7, 11) is 0. The van der Waals surface area contributed by atoms with Crippen LogP contribution in [0.1, 0.15) is 64.7 Å². The summed E-state index contributed by atoms with van der Waals surface area (Å²) in [6.45, 7) is 7.23. The molecule has 0 saturated carbocycles. The predicted molar refractivity (Wildman–Crippen MR) is 87.6 cm³/mol. The van der Waals surface area contributed by atoms with Gasteiger partial charge in [0.2, 0.25) is 0 Å². The van der Waals surface area contributed by atoms with Gasteiger partial charge >= 0.3 is 6.03 Å². The summed E-state index contributed by atoms with van der Waals surface area (Å²) in [6, 6.07) is 0.783. The quantitative estimate of drug-likeness (QED) is 0.663. The monoisotopic (exact) mass is 295 g/mol. The fourth-order valence-electron chi connectivity index (χ4n) is 3.53. The molecule has 0 spiro atoms. The van der Waals surface area contributed by atoms with Crippen molar-refractivity contribution in [3.8, 4) is 0 Å². The highest BCUT2D eigenvalue weighted by molar-refractivity contribution is 5.76. The number of amides is 2. The number of carbonyl (C=O) groups is 1. The summed E-state index contributed by atoms with van der Waals surface area (Å²) in [5, 5.41) is 3.38. The van der Waals surface area contributed by atoms with Crippen LogP contribution in [0.15, 0.2) is 0 Å². The standard InChI is InChI=1S/C17H33N3O/c1-2-3-4-5-6-7-8-13-19-14-15-20(17(19)21)16-9-11-18-12-10-16/h16,18H,2-15H2,1H3. The number of carbonyl (C=O) groups excluding carboxylic acids is 1. The largest absolute Gasteiger partial charge is 0.323 e. The Balaban J connectivity index is 1.58. The molecule has 0 radical (unpaired) electrons. The summed E-state index contributed by atoms with van der Waals surface area (Å²) in [4.78, 5) is 16.6. The van der Waals surface area contributed by atoms with Crippen molar-refractivity contribution in [3.05, 3.63) is 0 Å². The Bertz CT molecular complexity index is 302. The van der Waals surface area contributed by atoms with Crippen LogP contribution in [-0.2, 0) is 0 Å². The van der Waals surface area contributed by atoms with Gasteiger partial charge in [0.25, 0.3) is 0 Å². The van der Waals surface area contributed by atoms with Crippen LogP contribution in [0, 0.1) is 0 Å². The van der Waals surface area contributed by atoms with E-state index in [4.69, 9.17) is 0 Å². The molecule has 2 aliphatic rings. The Morgan fingerprint density at radius 2 is 1.67 bits per heavy atom. The molecule has 2 fully saturated rings. The molecule has 2 heterocycles. The normalized spacial score (nSPS) is 20.5. The van der Waals surface area contributed by atoms with Crippen molar-refractivity contribution in [2.45, 2.75) is 70.8 Å². The van der Waals surface area contributed by atoms with Crippen LogP contribution in [0.2, 0.25) is 0 Å². The van der Waals surface area contributed by atoms with Gasteiger partial charge in [-0.15, -0.1) is 0 Å². The molecule has 2 saturated heterocycles. The van der Waals surface area contributed by atoms with Crippen molar-refractivity contribution in [1.29, 1.82) is 0 Å². The molecular formula is C17H33N3O. The van der Waals surface area contributed by atoms with E-state index in [1.165, 1.54) is 44.9 Å². The zero-order valence-electron chi connectivity index (χ0n) is 13.8. The lowest BCUT2D eigenvalue weighted by molar-refractivity contribution is 0.165. The first-order valence-corrected chi connectivity index (χ1v) is 9.09. The second-order valence-corrected chi connectivity index (χ2v) is 6.57. The summed E-state index contributed by atoms with van der Waals surface area (Å²) < 4.78 is 0. The van der Waals surface area contributed by atoms with Gasteiger partial charge in [0, 0.05) is 25.7 Å². The van der Waals surface area contributed by atoms with Crippen LogP contribution in [0.5, 0.6) is 0 Å². The van der Waals surface area contributed by atoms with E-state index in [1.54, 1.807) is 0 Å². The van der Waals surface area contributed by atoms with Crippen molar-refractivity contribution >= 4 is 6.03 Å². The molecule has 0 aromatic carbocycles. The molecule has 122 valence electrons. The van der Waals surface area contributed by atoms with E-state index in [-0.39, 0.29) is 0 Å². The van der Waals surface area contributed by atoms with E-state index >= 15 is 0 Å². The first kappa shape index (κ1) is 16.6. The van der Waals surface area contributed by atoms with Crippen LogP contribution in [0.3, 0.4) is 0 Å². The van der Waals surface area contributed by atoms with Crippen molar-refractivity contribution < 1.29 is 4.79 Å². The maximum Gasteiger partial charge on any atom is 0.320 e. The highest BCUT2D eigenvalue weighted by Gasteiger charge is 2.33. The van der Waals surface area contributed by atoms with Crippen molar-refractivity contribution in [2.75, 3.05) is 32.7 Å². The van der Waals surface area contributed by atoms with Crippen molar-refractivity contribution in [2.24, 2.45) is 0 Å². The van der Waals surface area contributed by atoms with Crippen LogP contribution in [0.4, 0.5) is 4.79 Å². The maximum atomic E-state index is 12.4. The number of urea groups is 1. The first-order chi connectivity index (χ1) is 10.3. The molecule has 0 bridgehead atoms. The number of hydrogen-bond acceptors (Lipinski definition) is 2. The fraction of sp³-hybridized carbons (Fsp3) is 0.941. The second-order valence-electron chi connectivity index (χ2n) is 6.57. The van der Waals surface area contributed by atoms with Gasteiger partial charge in [-0.1, -0.05) is 45.4 Å². The predicted octanol–water partition coefficient (Wildman–Crippen LogP) is 3.23. The molecule has 1 N–H and O–H groups in total. The topological polar surface area (TPSA) is 35.6 Å². The SMILES string of the molecule is CCCCCCCCCN1CCN(C2CCNCC2)C1=O. The van der Waals surface area contributed by atoms with Gasteiger partial charge in [0.05, 0.1) is 0 Å². The molecule has 2 amide bonds. The minimum Gasteiger partial charge on any atom is -0.323 e. The number of unbranched alkanes of at least 4 members (excludes halogenated alkanes) is 6. The van der Waals surface area contributed by atoms with Gasteiger partial charge in [-0.2, -0.15) is 0 Å². The first-order valence-electron chi connectivity index (χ1n) is 9.09. The molecule has 0 aromatic rings. The smallest absolute Gasteiger partial charge is 0.320 e. The highest BCUT2D eigenvalue weighted by Crippen LogP contribution is 2.19. The van der Waals surface area contributed by atoms with E-state index in [2.05, 4.69) is 22.0 Å². The van der Waals surface area contributed by atoms with E-state index in [0.717, 1.165) is 45.6 Å². The van der Waals surface area contributed by atoms with Gasteiger partial charge in [-0.05, 0) is 32.4 Å². The molecular weight excluding hydrogens is 262 g/mol. The number of rotatable bonds is 9. The number of nitrogens with one attached hydrogen (secondary N) is 1. The Morgan fingerprint density at radius 1 is 1.00 bits per heavy atom. The zero-order chi connectivity index (χ0) is 14.9. The van der Waals surface area contributed by atoms with Crippen molar-refractivity contribution in [3.63, 3.8) is 0 Å². The maximum absolute atomic E-state index is 12.4. The van der Waals surface area contributed by atoms with Gasteiger partial charge in [-0.3, -0.25) is 0 Å². The molecule has 0 atom stereocenters. The van der Waals surface area contributed by atoms with E-state index in [1.807, 2.05) is 0 Å². The minimum atomic E-state index is 0.299. The lowest BCUT2D eigenvalue weighted by Crippen LogP contribution is -2.45. The molecule has 0 aromatic heterocycles. The van der Waals surface area contributed by atoms with E-state index < -0.39 is 0 Å². The van der Waals surface area contributed by atoms with Crippen LogP contribution >= 0.6 is 0 Å². The summed E-state index contributed by atoms with van der Waals surface area (Å²) in [5.74, 6) is 0. The lowest BCUT2D eigenvalue weighted by Gasteiger charge is -2.31. The van der Waals surface area contributed by atoms with Crippen LogP contribution < -0.4 is 5.32 Å². The third kappa shape index (κ3) is 5.17. The highest BCUT2D eigenvalue weighted by atomic mass is 16.2. The molecule has 2 aliphatic heterocycles. The number of hydrogen-bond donors (Lipinski definition) is 1. The Kier molecular flexibility index (Phi) is 7.34. The number of piperidine rings is 1. The number of nitrogens with zero attached hydrogens (tertiary/aromatic N) is 2. The van der Waals surface area contributed by atoms with Crippen molar-refractivity contribution in [1.82, 2.24) is 15.1 Å². The molecule has 2 rings (SSSR count). The molecule has 4 nitrogen and oxygen atoms in total.